The van der Waals surface area contributed by atoms with Crippen LogP contribution in [0.4, 0.5) is 0 Å². The highest BCUT2D eigenvalue weighted by atomic mass is 32.2. The van der Waals surface area contributed by atoms with E-state index in [0.717, 1.165) is 24.8 Å². The van der Waals surface area contributed by atoms with Crippen molar-refractivity contribution in [3.8, 4) is 5.75 Å². The lowest BCUT2D eigenvalue weighted by atomic mass is 9.98. The SMILES string of the molecule is CCC[C@H](C)NC(=O)[C@H]1CCCN(S(=O)(=O)c2ccc(OC)c(C)c2)C1. The van der Waals surface area contributed by atoms with Crippen molar-refractivity contribution in [2.45, 2.75) is 57.4 Å². The van der Waals surface area contributed by atoms with Gasteiger partial charge in [-0.3, -0.25) is 4.79 Å². The Morgan fingerprint density at radius 2 is 2.15 bits per heavy atom. The van der Waals surface area contributed by atoms with Gasteiger partial charge >= 0.3 is 0 Å². The number of carbonyl (C=O) groups excluding carboxylic acids is 1. The summed E-state index contributed by atoms with van der Waals surface area (Å²) in [4.78, 5) is 12.7. The number of rotatable bonds is 7. The van der Waals surface area contributed by atoms with Gasteiger partial charge < -0.3 is 10.1 Å². The fourth-order valence-electron chi connectivity index (χ4n) is 3.40. The Morgan fingerprint density at radius 1 is 1.42 bits per heavy atom. The molecule has 0 bridgehead atoms. The fourth-order valence-corrected chi connectivity index (χ4v) is 5.01. The van der Waals surface area contributed by atoms with Gasteiger partial charge in [-0.15, -0.1) is 0 Å². The normalized spacial score (nSPS) is 19.8. The van der Waals surface area contributed by atoms with Crippen LogP contribution in [0, 0.1) is 12.8 Å². The van der Waals surface area contributed by atoms with Crippen LogP contribution in [0.3, 0.4) is 0 Å². The predicted molar refractivity (Wildman–Crippen MR) is 102 cm³/mol. The monoisotopic (exact) mass is 382 g/mol. The van der Waals surface area contributed by atoms with E-state index in [1.807, 2.05) is 13.8 Å². The molecule has 1 saturated heterocycles. The Balaban J connectivity index is 2.12. The minimum absolute atomic E-state index is 0.0447. The van der Waals surface area contributed by atoms with Gasteiger partial charge in [-0.2, -0.15) is 4.31 Å². The van der Waals surface area contributed by atoms with Crippen LogP contribution in [-0.2, 0) is 14.8 Å². The Morgan fingerprint density at radius 3 is 2.77 bits per heavy atom. The molecule has 1 amide bonds. The van der Waals surface area contributed by atoms with Gasteiger partial charge in [-0.1, -0.05) is 13.3 Å². The number of aryl methyl sites for hydroxylation is 1. The second kappa shape index (κ2) is 8.86. The molecule has 0 spiro atoms. The Hall–Kier alpha value is -1.60. The highest BCUT2D eigenvalue weighted by Crippen LogP contribution is 2.27. The topological polar surface area (TPSA) is 75.7 Å². The summed E-state index contributed by atoms with van der Waals surface area (Å²) in [5, 5.41) is 3.01. The van der Waals surface area contributed by atoms with Crippen LogP contribution >= 0.6 is 0 Å². The number of carbonyl (C=O) groups is 1. The molecule has 0 unspecified atom stereocenters. The van der Waals surface area contributed by atoms with E-state index in [4.69, 9.17) is 4.74 Å². The first-order valence-electron chi connectivity index (χ1n) is 9.24. The summed E-state index contributed by atoms with van der Waals surface area (Å²) >= 11 is 0. The zero-order chi connectivity index (χ0) is 19.3. The van der Waals surface area contributed by atoms with Crippen molar-refractivity contribution in [3.63, 3.8) is 0 Å². The number of nitrogens with one attached hydrogen (secondary N) is 1. The molecule has 1 aliphatic heterocycles. The molecule has 0 radical (unpaired) electrons. The average molecular weight is 383 g/mol. The van der Waals surface area contributed by atoms with Crippen LogP contribution in [-0.4, -0.2) is 44.9 Å². The molecule has 1 aliphatic rings. The van der Waals surface area contributed by atoms with Gasteiger partial charge in [0, 0.05) is 19.1 Å². The molecular formula is C19H30N2O4S. The summed E-state index contributed by atoms with van der Waals surface area (Å²) < 4.78 is 32.6. The lowest BCUT2D eigenvalue weighted by molar-refractivity contribution is -0.126. The van der Waals surface area contributed by atoms with Gasteiger partial charge in [-0.25, -0.2) is 8.42 Å². The maximum Gasteiger partial charge on any atom is 0.243 e. The van der Waals surface area contributed by atoms with Gasteiger partial charge in [0.05, 0.1) is 17.9 Å². The van der Waals surface area contributed by atoms with Crippen LogP contribution in [0.15, 0.2) is 23.1 Å². The van der Waals surface area contributed by atoms with Gasteiger partial charge in [0.25, 0.3) is 0 Å². The molecule has 2 rings (SSSR count). The molecule has 6 nitrogen and oxygen atoms in total. The smallest absolute Gasteiger partial charge is 0.243 e. The predicted octanol–water partition coefficient (Wildman–Crippen LogP) is 2.71. The molecule has 146 valence electrons. The number of amides is 1. The largest absolute Gasteiger partial charge is 0.496 e. The van der Waals surface area contributed by atoms with E-state index >= 15 is 0 Å². The first-order valence-corrected chi connectivity index (χ1v) is 10.7. The fraction of sp³-hybridized carbons (Fsp3) is 0.632. The number of piperidine rings is 1. The molecule has 26 heavy (non-hydrogen) atoms. The molecule has 1 fully saturated rings. The van der Waals surface area contributed by atoms with E-state index in [1.54, 1.807) is 25.3 Å². The third kappa shape index (κ3) is 4.76. The number of hydrogen-bond donors (Lipinski definition) is 1. The van der Waals surface area contributed by atoms with Crippen molar-refractivity contribution < 1.29 is 17.9 Å². The Bertz CT molecular complexity index is 733. The van der Waals surface area contributed by atoms with Gasteiger partial charge in [0.2, 0.25) is 15.9 Å². The number of benzene rings is 1. The molecule has 0 aromatic heterocycles. The van der Waals surface area contributed by atoms with E-state index in [-0.39, 0.29) is 29.3 Å². The van der Waals surface area contributed by atoms with Crippen molar-refractivity contribution in [2.75, 3.05) is 20.2 Å². The molecule has 2 atom stereocenters. The first kappa shape index (κ1) is 20.7. The highest BCUT2D eigenvalue weighted by Gasteiger charge is 2.33. The molecule has 1 N–H and O–H groups in total. The van der Waals surface area contributed by atoms with Crippen molar-refractivity contribution in [2.24, 2.45) is 5.92 Å². The van der Waals surface area contributed by atoms with Crippen LogP contribution in [0.25, 0.3) is 0 Å². The summed E-state index contributed by atoms with van der Waals surface area (Å²) in [6.45, 7) is 6.56. The second-order valence-electron chi connectivity index (χ2n) is 7.03. The molecular weight excluding hydrogens is 352 g/mol. The second-order valence-corrected chi connectivity index (χ2v) is 8.97. The quantitative estimate of drug-likeness (QED) is 0.787. The van der Waals surface area contributed by atoms with Crippen LogP contribution in [0.5, 0.6) is 5.75 Å². The Labute approximate surface area is 157 Å². The molecule has 0 saturated carbocycles. The van der Waals surface area contributed by atoms with Crippen molar-refractivity contribution in [3.05, 3.63) is 23.8 Å². The molecule has 0 aliphatic carbocycles. The molecule has 1 aromatic rings. The number of sulfonamides is 1. The standard InChI is InChI=1S/C19H30N2O4S/c1-5-7-15(3)20-19(22)16-8-6-11-21(13-16)26(23,24)17-9-10-18(25-4)14(2)12-17/h9-10,12,15-16H,5-8,11,13H2,1-4H3,(H,20,22)/t15-,16-/m0/s1. The summed E-state index contributed by atoms with van der Waals surface area (Å²) in [6, 6.07) is 4.97. The van der Waals surface area contributed by atoms with E-state index in [0.29, 0.717) is 18.7 Å². The first-order chi connectivity index (χ1) is 12.3. The maximum atomic E-state index is 13.0. The lowest BCUT2D eigenvalue weighted by Gasteiger charge is -2.32. The van der Waals surface area contributed by atoms with Gasteiger partial charge in [0.1, 0.15) is 5.75 Å². The maximum absolute atomic E-state index is 13.0. The third-order valence-electron chi connectivity index (χ3n) is 4.87. The van der Waals surface area contributed by atoms with E-state index in [2.05, 4.69) is 12.2 Å². The van der Waals surface area contributed by atoms with E-state index in [9.17, 15) is 13.2 Å². The summed E-state index contributed by atoms with van der Waals surface area (Å²) in [5.74, 6) is 0.318. The molecule has 1 heterocycles. The van der Waals surface area contributed by atoms with Crippen molar-refractivity contribution in [1.29, 1.82) is 0 Å². The van der Waals surface area contributed by atoms with Gasteiger partial charge in [0.15, 0.2) is 0 Å². The number of ether oxygens (including phenoxy) is 1. The third-order valence-corrected chi connectivity index (χ3v) is 6.73. The summed E-state index contributed by atoms with van der Waals surface area (Å²) in [6.07, 6.45) is 3.34. The van der Waals surface area contributed by atoms with Crippen LogP contribution < -0.4 is 10.1 Å². The zero-order valence-corrected chi connectivity index (χ0v) is 16.9. The van der Waals surface area contributed by atoms with E-state index < -0.39 is 10.0 Å². The highest BCUT2D eigenvalue weighted by molar-refractivity contribution is 7.89. The number of hydrogen-bond acceptors (Lipinski definition) is 4. The zero-order valence-electron chi connectivity index (χ0n) is 16.1. The molecule has 7 heteroatoms. The number of methoxy groups -OCH3 is 1. The van der Waals surface area contributed by atoms with Crippen molar-refractivity contribution >= 4 is 15.9 Å². The molecule has 1 aromatic carbocycles. The average Bonchev–Trinajstić information content (AvgIpc) is 2.61. The Kier molecular flexibility index (Phi) is 7.06. The minimum atomic E-state index is -3.62. The number of nitrogens with zero attached hydrogens (tertiary/aromatic N) is 1. The lowest BCUT2D eigenvalue weighted by Crippen LogP contribution is -2.47. The minimum Gasteiger partial charge on any atom is -0.496 e. The van der Waals surface area contributed by atoms with Crippen molar-refractivity contribution in [1.82, 2.24) is 9.62 Å². The summed E-state index contributed by atoms with van der Waals surface area (Å²) in [5.41, 5.74) is 0.772. The van der Waals surface area contributed by atoms with Crippen LogP contribution in [0.1, 0.15) is 45.1 Å². The van der Waals surface area contributed by atoms with E-state index in [1.165, 1.54) is 4.31 Å². The van der Waals surface area contributed by atoms with Crippen LogP contribution in [0.2, 0.25) is 0 Å². The summed E-state index contributed by atoms with van der Waals surface area (Å²) in [7, 11) is -2.06. The van der Waals surface area contributed by atoms with Gasteiger partial charge in [-0.05, 0) is 56.9 Å².